The van der Waals surface area contributed by atoms with E-state index in [1.165, 1.54) is 19.3 Å². The number of rotatable bonds is 9. The predicted molar refractivity (Wildman–Crippen MR) is 130 cm³/mol. The normalized spacial score (nSPS) is 15.3. The van der Waals surface area contributed by atoms with Gasteiger partial charge in [0.05, 0.1) is 23.0 Å². The average Bonchev–Trinajstić information content (AvgIpc) is 3.17. The van der Waals surface area contributed by atoms with Crippen LogP contribution in [0, 0.1) is 12.8 Å². The lowest BCUT2D eigenvalue weighted by molar-refractivity contribution is -0.138. The van der Waals surface area contributed by atoms with Crippen molar-refractivity contribution in [3.63, 3.8) is 0 Å². The number of carboxylic acids is 1. The van der Waals surface area contributed by atoms with Crippen LogP contribution in [-0.2, 0) is 4.79 Å². The maximum Gasteiger partial charge on any atom is 0.326 e. The zero-order valence-corrected chi connectivity index (χ0v) is 20.1. The Kier molecular flexibility index (Phi) is 8.36. The molecule has 1 aromatic carbocycles. The van der Waals surface area contributed by atoms with Crippen molar-refractivity contribution in [2.45, 2.75) is 78.2 Å². The summed E-state index contributed by atoms with van der Waals surface area (Å²) in [5.74, 6) is -0.809. The van der Waals surface area contributed by atoms with Crippen molar-refractivity contribution in [2.75, 3.05) is 22.1 Å². The van der Waals surface area contributed by atoms with Crippen LogP contribution >= 0.6 is 0 Å². The Labute approximate surface area is 195 Å². The minimum atomic E-state index is -0.871. The highest BCUT2D eigenvalue weighted by molar-refractivity contribution is 6.01. The van der Waals surface area contributed by atoms with Crippen LogP contribution in [0.4, 0.5) is 22.1 Å². The van der Waals surface area contributed by atoms with E-state index in [4.69, 9.17) is 4.52 Å². The zero-order chi connectivity index (χ0) is 24.0. The van der Waals surface area contributed by atoms with Crippen molar-refractivity contribution in [1.29, 1.82) is 0 Å². The molecule has 2 aromatic rings. The highest BCUT2D eigenvalue weighted by Crippen LogP contribution is 2.36. The first-order chi connectivity index (χ1) is 15.8. The quantitative estimate of drug-likeness (QED) is 0.427. The lowest BCUT2D eigenvalue weighted by Crippen LogP contribution is -2.40. The van der Waals surface area contributed by atoms with Gasteiger partial charge in [-0.2, -0.15) is 0 Å². The summed E-state index contributed by atoms with van der Waals surface area (Å²) >= 11 is 0. The predicted octanol–water partition coefficient (Wildman–Crippen LogP) is 6.00. The lowest BCUT2D eigenvalue weighted by Gasteiger charge is -2.38. The van der Waals surface area contributed by atoms with Crippen LogP contribution in [0.1, 0.15) is 76.5 Å². The van der Waals surface area contributed by atoms with Gasteiger partial charge < -0.3 is 19.8 Å². The van der Waals surface area contributed by atoms with E-state index >= 15 is 0 Å². The molecule has 1 aliphatic carbocycles. The number of amides is 2. The fraction of sp³-hybridized carbons (Fsp3) is 0.560. The third-order valence-corrected chi connectivity index (χ3v) is 6.13. The van der Waals surface area contributed by atoms with Gasteiger partial charge in [0, 0.05) is 18.7 Å². The molecule has 180 valence electrons. The second-order valence-corrected chi connectivity index (χ2v) is 9.33. The first kappa shape index (κ1) is 24.6. The molecule has 8 nitrogen and oxygen atoms in total. The average molecular weight is 457 g/mol. The standard InChI is InChI=1S/C25H36N4O4/c1-5-20(24(30)31)18-11-12-22(29(15-16(2)3)19-9-7-6-8-10-19)21(14-18)26-25(32)27-23-13-17(4)28-33-23/h11-14,16,19-20H,5-10,15H2,1-4H3,(H,30,31)(H2,26,27,32). The molecule has 1 aromatic heterocycles. The second kappa shape index (κ2) is 11.2. The summed E-state index contributed by atoms with van der Waals surface area (Å²) in [6, 6.07) is 7.23. The van der Waals surface area contributed by atoms with Crippen LogP contribution in [-0.4, -0.2) is 34.9 Å². The fourth-order valence-corrected chi connectivity index (χ4v) is 4.59. The number of aryl methyl sites for hydroxylation is 1. The third kappa shape index (κ3) is 6.49. The molecule has 1 unspecified atom stereocenters. The zero-order valence-electron chi connectivity index (χ0n) is 20.1. The van der Waals surface area contributed by atoms with Gasteiger partial charge in [-0.05, 0) is 49.8 Å². The highest BCUT2D eigenvalue weighted by atomic mass is 16.5. The maximum atomic E-state index is 12.8. The Morgan fingerprint density at radius 1 is 1.18 bits per heavy atom. The van der Waals surface area contributed by atoms with Crippen LogP contribution in [0.3, 0.4) is 0 Å². The molecule has 8 heteroatoms. The molecule has 0 spiro atoms. The Morgan fingerprint density at radius 3 is 2.48 bits per heavy atom. The molecule has 1 atom stereocenters. The summed E-state index contributed by atoms with van der Waals surface area (Å²) in [5.41, 5.74) is 2.86. The van der Waals surface area contributed by atoms with E-state index in [0.29, 0.717) is 35.3 Å². The molecule has 0 bridgehead atoms. The van der Waals surface area contributed by atoms with Gasteiger partial charge >= 0.3 is 12.0 Å². The molecule has 33 heavy (non-hydrogen) atoms. The first-order valence-corrected chi connectivity index (χ1v) is 11.9. The van der Waals surface area contributed by atoms with Crippen molar-refractivity contribution in [3.05, 3.63) is 35.5 Å². The molecule has 1 aliphatic rings. The summed E-state index contributed by atoms with van der Waals surface area (Å²) in [6.45, 7) is 8.87. The number of carbonyl (C=O) groups excluding carboxylic acids is 1. The van der Waals surface area contributed by atoms with Crippen molar-refractivity contribution in [2.24, 2.45) is 5.92 Å². The number of hydrogen-bond donors (Lipinski definition) is 3. The molecule has 2 amide bonds. The van der Waals surface area contributed by atoms with Crippen molar-refractivity contribution < 1.29 is 19.2 Å². The van der Waals surface area contributed by atoms with Crippen molar-refractivity contribution >= 4 is 29.3 Å². The van der Waals surface area contributed by atoms with Crippen LogP contribution < -0.4 is 15.5 Å². The van der Waals surface area contributed by atoms with E-state index < -0.39 is 17.9 Å². The van der Waals surface area contributed by atoms with Crippen LogP contribution in [0.5, 0.6) is 0 Å². The lowest BCUT2D eigenvalue weighted by atomic mass is 9.92. The minimum absolute atomic E-state index is 0.256. The molecule has 0 saturated heterocycles. The van der Waals surface area contributed by atoms with Gasteiger partial charge in [0.2, 0.25) is 5.88 Å². The number of nitrogens with zero attached hydrogens (tertiary/aromatic N) is 2. The van der Waals surface area contributed by atoms with Crippen LogP contribution in [0.25, 0.3) is 0 Å². The first-order valence-electron chi connectivity index (χ1n) is 11.9. The number of carbonyl (C=O) groups is 2. The number of carboxylic acid groups (broad SMARTS) is 1. The van der Waals surface area contributed by atoms with Gasteiger partial charge in [-0.1, -0.05) is 51.3 Å². The summed E-state index contributed by atoms with van der Waals surface area (Å²) in [4.78, 5) is 27.0. The molecule has 3 N–H and O–H groups in total. The van der Waals surface area contributed by atoms with Gasteiger partial charge in [0.15, 0.2) is 0 Å². The number of aliphatic carboxylic acids is 1. The number of benzene rings is 1. The van der Waals surface area contributed by atoms with E-state index in [-0.39, 0.29) is 5.88 Å². The number of aromatic nitrogens is 1. The molecule has 1 fully saturated rings. The molecule has 0 radical (unpaired) electrons. The van der Waals surface area contributed by atoms with Gasteiger partial charge in [-0.3, -0.25) is 10.1 Å². The van der Waals surface area contributed by atoms with Gasteiger partial charge in [-0.25, -0.2) is 4.79 Å². The number of anilines is 3. The van der Waals surface area contributed by atoms with E-state index in [2.05, 4.69) is 34.5 Å². The molecular weight excluding hydrogens is 420 g/mol. The van der Waals surface area contributed by atoms with Crippen molar-refractivity contribution in [3.8, 4) is 0 Å². The summed E-state index contributed by atoms with van der Waals surface area (Å²) < 4.78 is 5.10. The fourth-order valence-electron chi connectivity index (χ4n) is 4.59. The van der Waals surface area contributed by atoms with Crippen LogP contribution in [0.2, 0.25) is 0 Å². The Hall–Kier alpha value is -3.03. The minimum Gasteiger partial charge on any atom is -0.481 e. The molecule has 3 rings (SSSR count). The third-order valence-electron chi connectivity index (χ3n) is 6.13. The van der Waals surface area contributed by atoms with Crippen LogP contribution in [0.15, 0.2) is 28.8 Å². The smallest absolute Gasteiger partial charge is 0.326 e. The van der Waals surface area contributed by atoms with E-state index in [0.717, 1.165) is 25.1 Å². The monoisotopic (exact) mass is 456 g/mol. The highest BCUT2D eigenvalue weighted by Gasteiger charge is 2.26. The topological polar surface area (TPSA) is 108 Å². The van der Waals surface area contributed by atoms with Crippen molar-refractivity contribution in [1.82, 2.24) is 5.16 Å². The number of hydrogen-bond acceptors (Lipinski definition) is 5. The SMILES string of the molecule is CCC(C(=O)O)c1ccc(N(CC(C)C)C2CCCCC2)c(NC(=O)Nc2cc(C)no2)c1. The largest absolute Gasteiger partial charge is 0.481 e. The van der Waals surface area contributed by atoms with E-state index in [1.807, 2.05) is 19.1 Å². The van der Waals surface area contributed by atoms with Gasteiger partial charge in [0.1, 0.15) is 0 Å². The Balaban J connectivity index is 1.97. The second-order valence-electron chi connectivity index (χ2n) is 9.33. The Morgan fingerprint density at radius 2 is 1.91 bits per heavy atom. The van der Waals surface area contributed by atoms with E-state index in [9.17, 15) is 14.7 Å². The summed E-state index contributed by atoms with van der Waals surface area (Å²) in [6.07, 6.45) is 6.35. The Bertz CT molecular complexity index is 950. The maximum absolute atomic E-state index is 12.8. The van der Waals surface area contributed by atoms with E-state index in [1.54, 1.807) is 19.1 Å². The summed E-state index contributed by atoms with van der Waals surface area (Å²) in [7, 11) is 0. The molecule has 1 heterocycles. The molecular formula is C25H36N4O4. The number of urea groups is 1. The molecule has 0 aliphatic heterocycles. The molecule has 1 saturated carbocycles. The van der Waals surface area contributed by atoms with Gasteiger partial charge in [0.25, 0.3) is 0 Å². The van der Waals surface area contributed by atoms with Gasteiger partial charge in [-0.15, -0.1) is 0 Å². The summed E-state index contributed by atoms with van der Waals surface area (Å²) in [5, 5.41) is 19.1. The number of nitrogens with one attached hydrogen (secondary N) is 2.